The summed E-state index contributed by atoms with van der Waals surface area (Å²) < 4.78 is 60.1. The van der Waals surface area contributed by atoms with Gasteiger partial charge in [-0.25, -0.2) is 8.42 Å². The van der Waals surface area contributed by atoms with Crippen molar-refractivity contribution in [1.29, 1.82) is 0 Å². The highest BCUT2D eigenvalue weighted by atomic mass is 35.7. The molecule has 0 radical (unpaired) electrons. The van der Waals surface area contributed by atoms with Crippen LogP contribution in [0.4, 0.5) is 13.2 Å². The molecule has 0 saturated carbocycles. The van der Waals surface area contributed by atoms with Gasteiger partial charge in [0.05, 0.1) is 0 Å². The van der Waals surface area contributed by atoms with Gasteiger partial charge in [0.1, 0.15) is 0 Å². The summed E-state index contributed by atoms with van der Waals surface area (Å²) in [6.45, 7) is 1.34. The highest BCUT2D eigenvalue weighted by molar-refractivity contribution is 8.14. The van der Waals surface area contributed by atoms with Crippen LogP contribution in [0.2, 0.25) is 5.02 Å². The molecule has 0 aliphatic heterocycles. The van der Waals surface area contributed by atoms with Crippen LogP contribution in [-0.4, -0.2) is 14.6 Å². The monoisotopic (exact) mass is 306 g/mol. The van der Waals surface area contributed by atoms with E-state index in [1.807, 2.05) is 0 Å². The zero-order valence-corrected chi connectivity index (χ0v) is 10.8. The second-order valence-electron chi connectivity index (χ2n) is 3.40. The molecule has 1 unspecified atom stereocenters. The Hall–Kier alpha value is -0.460. The average Bonchev–Trinajstić information content (AvgIpc) is 2.04. The van der Waals surface area contributed by atoms with Crippen LogP contribution < -0.4 is 0 Å². The molecule has 1 aromatic carbocycles. The summed E-state index contributed by atoms with van der Waals surface area (Å²) in [6.07, 6.45) is -4.97. The number of hydrogen-bond acceptors (Lipinski definition) is 2. The number of aryl methyl sites for hydroxylation is 1. The topological polar surface area (TPSA) is 34.1 Å². The van der Waals surface area contributed by atoms with E-state index in [4.69, 9.17) is 22.3 Å². The van der Waals surface area contributed by atoms with Gasteiger partial charge in [-0.15, -0.1) is 0 Å². The number of alkyl halides is 3. The molecule has 0 bridgehead atoms. The zero-order valence-electron chi connectivity index (χ0n) is 8.42. The van der Waals surface area contributed by atoms with Gasteiger partial charge in [-0.1, -0.05) is 17.7 Å². The number of benzene rings is 1. The smallest absolute Gasteiger partial charge is 0.211 e. The van der Waals surface area contributed by atoms with Gasteiger partial charge >= 0.3 is 6.18 Å². The molecule has 1 atom stereocenters. The molecule has 0 amide bonds. The molecule has 0 saturated heterocycles. The first kappa shape index (κ1) is 14.6. The van der Waals surface area contributed by atoms with Gasteiger partial charge < -0.3 is 0 Å². The second kappa shape index (κ2) is 4.66. The first-order valence-corrected chi connectivity index (χ1v) is 7.05. The molecular weight excluding hydrogens is 300 g/mol. The van der Waals surface area contributed by atoms with Crippen molar-refractivity contribution in [3.63, 3.8) is 0 Å². The summed E-state index contributed by atoms with van der Waals surface area (Å²) in [6, 6.07) is 3.44. The maximum Gasteiger partial charge on any atom is 0.410 e. The van der Waals surface area contributed by atoms with E-state index in [1.165, 1.54) is 19.1 Å². The van der Waals surface area contributed by atoms with Crippen molar-refractivity contribution in [1.82, 2.24) is 0 Å². The van der Waals surface area contributed by atoms with Gasteiger partial charge in [0.15, 0.2) is 5.25 Å². The zero-order chi connectivity index (χ0) is 13.4. The van der Waals surface area contributed by atoms with Gasteiger partial charge in [-0.2, -0.15) is 13.2 Å². The van der Waals surface area contributed by atoms with Crippen LogP contribution in [0.1, 0.15) is 16.4 Å². The van der Waals surface area contributed by atoms with Gasteiger partial charge in [0, 0.05) is 15.7 Å². The average molecular weight is 307 g/mol. The Balaban J connectivity index is 3.44. The number of rotatable bonds is 2. The second-order valence-corrected chi connectivity index (χ2v) is 6.55. The first-order valence-electron chi connectivity index (χ1n) is 4.29. The Morgan fingerprint density at radius 3 is 2.18 bits per heavy atom. The van der Waals surface area contributed by atoms with Crippen molar-refractivity contribution < 1.29 is 21.6 Å². The van der Waals surface area contributed by atoms with Crippen molar-refractivity contribution in [2.75, 3.05) is 0 Å². The molecule has 2 nitrogen and oxygen atoms in total. The van der Waals surface area contributed by atoms with Crippen LogP contribution >= 0.6 is 22.3 Å². The van der Waals surface area contributed by atoms with Crippen molar-refractivity contribution in [2.45, 2.75) is 18.3 Å². The Kier molecular flexibility index (Phi) is 4.01. The fourth-order valence-corrected chi connectivity index (χ4v) is 3.13. The van der Waals surface area contributed by atoms with Crippen LogP contribution in [0.5, 0.6) is 0 Å². The molecule has 8 heteroatoms. The van der Waals surface area contributed by atoms with Crippen LogP contribution in [-0.2, 0) is 9.05 Å². The van der Waals surface area contributed by atoms with E-state index in [2.05, 4.69) is 0 Å². The van der Waals surface area contributed by atoms with E-state index < -0.39 is 26.0 Å². The van der Waals surface area contributed by atoms with E-state index in [1.54, 1.807) is 0 Å². The van der Waals surface area contributed by atoms with Crippen molar-refractivity contribution in [2.24, 2.45) is 0 Å². The molecular formula is C9H7Cl2F3O2S. The highest BCUT2D eigenvalue weighted by Gasteiger charge is 2.49. The van der Waals surface area contributed by atoms with Crippen LogP contribution in [0, 0.1) is 6.92 Å². The van der Waals surface area contributed by atoms with Crippen molar-refractivity contribution in [3.05, 3.63) is 34.3 Å². The maximum absolute atomic E-state index is 12.7. The van der Waals surface area contributed by atoms with E-state index in [9.17, 15) is 21.6 Å². The van der Waals surface area contributed by atoms with Crippen LogP contribution in [0.3, 0.4) is 0 Å². The van der Waals surface area contributed by atoms with Crippen LogP contribution in [0.25, 0.3) is 0 Å². The largest absolute Gasteiger partial charge is 0.410 e. The molecule has 1 aromatic rings. The Labute approximate surface area is 106 Å². The summed E-state index contributed by atoms with van der Waals surface area (Å²) in [4.78, 5) is 0. The Morgan fingerprint density at radius 2 is 1.82 bits per heavy atom. The van der Waals surface area contributed by atoms with Gasteiger partial charge in [0.25, 0.3) is 0 Å². The minimum atomic E-state index is -4.97. The summed E-state index contributed by atoms with van der Waals surface area (Å²) in [5, 5.41) is -2.52. The molecule has 0 heterocycles. The Bertz CT molecular complexity index is 526. The van der Waals surface area contributed by atoms with E-state index in [0.717, 1.165) is 6.07 Å². The third-order valence-electron chi connectivity index (χ3n) is 2.09. The summed E-state index contributed by atoms with van der Waals surface area (Å²) in [5.74, 6) is 0. The molecule has 0 aliphatic rings. The van der Waals surface area contributed by atoms with Gasteiger partial charge in [0.2, 0.25) is 9.05 Å². The molecule has 96 valence electrons. The highest BCUT2D eigenvalue weighted by Crippen LogP contribution is 2.42. The van der Waals surface area contributed by atoms with E-state index in [0.29, 0.717) is 0 Å². The standard InChI is InChI=1S/C9H7Cl2F3O2S/c1-5-4-6(10)2-3-7(5)8(9(12,13)14)17(11,15)16/h2-4,8H,1H3. The van der Waals surface area contributed by atoms with Crippen molar-refractivity contribution in [3.8, 4) is 0 Å². The molecule has 0 aromatic heterocycles. The third kappa shape index (κ3) is 3.50. The Morgan fingerprint density at radius 1 is 1.29 bits per heavy atom. The lowest BCUT2D eigenvalue weighted by molar-refractivity contribution is -0.131. The minimum absolute atomic E-state index is 0.115. The molecule has 0 spiro atoms. The molecule has 17 heavy (non-hydrogen) atoms. The summed E-state index contributed by atoms with van der Waals surface area (Å²) in [7, 11) is 0.0425. The normalized spacial score (nSPS) is 14.7. The molecule has 0 N–H and O–H groups in total. The SMILES string of the molecule is Cc1cc(Cl)ccc1C(C(F)(F)F)S(=O)(=O)Cl. The van der Waals surface area contributed by atoms with Crippen molar-refractivity contribution >= 4 is 31.3 Å². The lowest BCUT2D eigenvalue weighted by Crippen LogP contribution is -2.26. The van der Waals surface area contributed by atoms with Gasteiger partial charge in [-0.05, 0) is 30.2 Å². The van der Waals surface area contributed by atoms with E-state index >= 15 is 0 Å². The number of hydrogen-bond donors (Lipinski definition) is 0. The quantitative estimate of drug-likeness (QED) is 0.778. The predicted octanol–water partition coefficient (Wildman–Crippen LogP) is 3.82. The predicted molar refractivity (Wildman–Crippen MR) is 59.8 cm³/mol. The number of halogens is 5. The maximum atomic E-state index is 12.7. The van der Waals surface area contributed by atoms with E-state index in [-0.39, 0.29) is 10.6 Å². The first-order chi connectivity index (χ1) is 7.53. The fourth-order valence-electron chi connectivity index (χ4n) is 1.42. The molecule has 0 fully saturated rings. The molecule has 0 aliphatic carbocycles. The lowest BCUT2D eigenvalue weighted by Gasteiger charge is -2.19. The van der Waals surface area contributed by atoms with Gasteiger partial charge in [-0.3, -0.25) is 0 Å². The summed E-state index contributed by atoms with van der Waals surface area (Å²) >= 11 is 5.59. The van der Waals surface area contributed by atoms with Crippen LogP contribution in [0.15, 0.2) is 18.2 Å². The summed E-state index contributed by atoms with van der Waals surface area (Å²) in [5.41, 5.74) is -0.305. The third-order valence-corrected chi connectivity index (χ3v) is 3.95. The fraction of sp³-hybridized carbons (Fsp3) is 0.333. The lowest BCUT2D eigenvalue weighted by atomic mass is 10.1. The minimum Gasteiger partial charge on any atom is -0.211 e. The molecule has 1 rings (SSSR count).